The van der Waals surface area contributed by atoms with Crippen LogP contribution in [0.5, 0.6) is 5.75 Å². The van der Waals surface area contributed by atoms with Crippen LogP contribution in [0.25, 0.3) is 5.57 Å². The van der Waals surface area contributed by atoms with E-state index in [1.165, 1.54) is 12.1 Å². The van der Waals surface area contributed by atoms with Crippen LogP contribution in [0.4, 0.5) is 4.39 Å². The zero-order valence-electron chi connectivity index (χ0n) is 19.2. The monoisotopic (exact) mass is 507 g/mol. The predicted octanol–water partition coefficient (Wildman–Crippen LogP) is 4.05. The van der Waals surface area contributed by atoms with Gasteiger partial charge >= 0.3 is 0 Å². The minimum absolute atomic E-state index is 0.0766. The van der Waals surface area contributed by atoms with Gasteiger partial charge in [-0.15, -0.1) is 0 Å². The molecule has 1 aromatic heterocycles. The molecule has 1 fully saturated rings. The van der Waals surface area contributed by atoms with Crippen molar-refractivity contribution in [3.63, 3.8) is 0 Å². The van der Waals surface area contributed by atoms with Crippen LogP contribution in [0.15, 0.2) is 48.6 Å². The fourth-order valence-corrected chi connectivity index (χ4v) is 5.04. The van der Waals surface area contributed by atoms with E-state index in [0.29, 0.717) is 28.6 Å². The third kappa shape index (κ3) is 4.61. The van der Waals surface area contributed by atoms with Gasteiger partial charge < -0.3 is 20.1 Å². The van der Waals surface area contributed by atoms with Crippen LogP contribution in [0, 0.1) is 5.82 Å². The lowest BCUT2D eigenvalue weighted by molar-refractivity contribution is -0.0173. The highest BCUT2D eigenvalue weighted by molar-refractivity contribution is 6.36. The van der Waals surface area contributed by atoms with Gasteiger partial charge in [0.25, 0.3) is 0 Å². The number of methoxy groups -OCH3 is 1. The Kier molecular flexibility index (Phi) is 7.35. The number of pyridine rings is 1. The summed E-state index contributed by atoms with van der Waals surface area (Å²) in [5, 5.41) is 6.95. The molecule has 2 aliphatic rings. The summed E-state index contributed by atoms with van der Waals surface area (Å²) in [7, 11) is 1.60. The Morgan fingerprint density at radius 2 is 2.12 bits per heavy atom. The van der Waals surface area contributed by atoms with Crippen molar-refractivity contribution >= 4 is 28.8 Å². The molecule has 0 aliphatic carbocycles. The average molecular weight is 508 g/mol. The molecular weight excluding hydrogens is 480 g/mol. The van der Waals surface area contributed by atoms with Gasteiger partial charge in [-0.2, -0.15) is 0 Å². The van der Waals surface area contributed by atoms with Crippen LogP contribution >= 0.6 is 23.2 Å². The predicted molar refractivity (Wildman–Crippen MR) is 132 cm³/mol. The molecule has 0 spiro atoms. The van der Waals surface area contributed by atoms with Crippen molar-refractivity contribution in [2.75, 3.05) is 26.7 Å². The molecule has 34 heavy (non-hydrogen) atoms. The second-order valence-electron chi connectivity index (χ2n) is 8.36. The minimum atomic E-state index is -1.15. The number of allylic oxidation sites excluding steroid dienone is 2. The lowest BCUT2D eigenvalue weighted by atomic mass is 10.00. The van der Waals surface area contributed by atoms with Crippen molar-refractivity contribution in [2.45, 2.75) is 31.8 Å². The van der Waals surface area contributed by atoms with E-state index in [-0.39, 0.29) is 11.1 Å². The molecule has 0 radical (unpaired) electrons. The Hall–Kier alpha value is -2.36. The fraction of sp³-hybridized carbons (Fsp3) is 0.375. The Balaban J connectivity index is 1.76. The highest BCUT2D eigenvalue weighted by Gasteiger charge is 2.44. The molecule has 10 heteroatoms. The first kappa shape index (κ1) is 24.8. The number of piperazine rings is 1. The van der Waals surface area contributed by atoms with Gasteiger partial charge in [-0.25, -0.2) is 4.39 Å². The summed E-state index contributed by atoms with van der Waals surface area (Å²) in [6.07, 6.45) is 6.36. The summed E-state index contributed by atoms with van der Waals surface area (Å²) in [6.45, 7) is 6.10. The minimum Gasteiger partial charge on any atom is -0.496 e. The Labute approximate surface area is 208 Å². The zero-order chi connectivity index (χ0) is 24.5. The van der Waals surface area contributed by atoms with E-state index in [2.05, 4.69) is 27.4 Å². The van der Waals surface area contributed by atoms with Crippen molar-refractivity contribution in [2.24, 2.45) is 5.73 Å². The second-order valence-corrected chi connectivity index (χ2v) is 9.14. The molecule has 2 aliphatic heterocycles. The second kappa shape index (κ2) is 10.1. The third-order valence-electron chi connectivity index (χ3n) is 6.17. The van der Waals surface area contributed by atoms with Gasteiger partial charge in [-0.3, -0.25) is 15.6 Å². The first-order chi connectivity index (χ1) is 16.3. The summed E-state index contributed by atoms with van der Waals surface area (Å²) in [4.78, 5) is 6.36. The molecule has 1 saturated heterocycles. The topological polar surface area (TPSA) is 84.7 Å². The number of dihydropyridines is 1. The SMILES string of the molecule is COc1ccncc1C1=CNC(N)(N2CCNC[C@@H]2C)C(OC(C)c2c(Cl)ccc(F)c2Cl)=C1. The quantitative estimate of drug-likeness (QED) is 0.508. The first-order valence-corrected chi connectivity index (χ1v) is 11.8. The number of hydrogen-bond donors (Lipinski definition) is 3. The summed E-state index contributed by atoms with van der Waals surface area (Å²) in [5.74, 6) is -0.625. The lowest BCUT2D eigenvalue weighted by Crippen LogP contribution is -2.71. The Morgan fingerprint density at radius 3 is 2.85 bits per heavy atom. The highest BCUT2D eigenvalue weighted by atomic mass is 35.5. The highest BCUT2D eigenvalue weighted by Crippen LogP contribution is 2.39. The zero-order valence-corrected chi connectivity index (χ0v) is 20.8. The number of rotatable bonds is 6. The molecule has 7 nitrogen and oxygen atoms in total. The van der Waals surface area contributed by atoms with Gasteiger partial charge in [0.15, 0.2) is 5.76 Å². The molecular formula is C24H28Cl2FN5O2. The first-order valence-electron chi connectivity index (χ1n) is 11.0. The molecule has 2 aromatic rings. The maximum atomic E-state index is 14.2. The normalized spacial score (nSPS) is 24.0. The van der Waals surface area contributed by atoms with E-state index >= 15 is 0 Å². The third-order valence-corrected chi connectivity index (χ3v) is 6.88. The summed E-state index contributed by atoms with van der Waals surface area (Å²) < 4.78 is 26.1. The Bertz CT molecular complexity index is 1130. The molecule has 4 N–H and O–H groups in total. The average Bonchev–Trinajstić information content (AvgIpc) is 2.83. The van der Waals surface area contributed by atoms with E-state index in [9.17, 15) is 4.39 Å². The smallest absolute Gasteiger partial charge is 0.203 e. The van der Waals surface area contributed by atoms with Gasteiger partial charge in [0, 0.05) is 66.0 Å². The van der Waals surface area contributed by atoms with Crippen molar-refractivity contribution in [3.05, 3.63) is 75.6 Å². The number of nitrogens with two attached hydrogens (primary N) is 1. The maximum absolute atomic E-state index is 14.2. The van der Waals surface area contributed by atoms with E-state index < -0.39 is 17.7 Å². The van der Waals surface area contributed by atoms with Crippen molar-refractivity contribution in [1.82, 2.24) is 20.5 Å². The van der Waals surface area contributed by atoms with E-state index in [4.69, 9.17) is 38.4 Å². The van der Waals surface area contributed by atoms with Crippen molar-refractivity contribution in [1.29, 1.82) is 0 Å². The maximum Gasteiger partial charge on any atom is 0.203 e. The molecule has 0 saturated carbocycles. The Morgan fingerprint density at radius 1 is 1.32 bits per heavy atom. The van der Waals surface area contributed by atoms with E-state index in [1.807, 2.05) is 12.3 Å². The van der Waals surface area contributed by atoms with E-state index in [1.54, 1.807) is 32.5 Å². The van der Waals surface area contributed by atoms with Crippen LogP contribution in [-0.2, 0) is 4.74 Å². The van der Waals surface area contributed by atoms with E-state index in [0.717, 1.165) is 24.2 Å². The van der Waals surface area contributed by atoms with Crippen molar-refractivity contribution in [3.8, 4) is 5.75 Å². The summed E-state index contributed by atoms with van der Waals surface area (Å²) >= 11 is 12.6. The number of ether oxygens (including phenoxy) is 2. The van der Waals surface area contributed by atoms with Crippen LogP contribution in [0.1, 0.15) is 31.1 Å². The summed E-state index contributed by atoms with van der Waals surface area (Å²) in [6, 6.07) is 4.60. The van der Waals surface area contributed by atoms with Gasteiger partial charge in [0.2, 0.25) is 5.79 Å². The lowest BCUT2D eigenvalue weighted by Gasteiger charge is -2.48. The number of nitrogens with zero attached hydrogens (tertiary/aromatic N) is 2. The molecule has 0 amide bonds. The molecule has 3 atom stereocenters. The molecule has 182 valence electrons. The van der Waals surface area contributed by atoms with Crippen LogP contribution in [0.2, 0.25) is 10.0 Å². The van der Waals surface area contributed by atoms with Crippen LogP contribution in [-0.4, -0.2) is 48.5 Å². The molecule has 4 rings (SSSR count). The molecule has 1 aromatic carbocycles. The van der Waals surface area contributed by atoms with Gasteiger partial charge in [0.05, 0.1) is 12.1 Å². The van der Waals surface area contributed by atoms with Gasteiger partial charge in [-0.1, -0.05) is 23.2 Å². The fourth-order valence-electron chi connectivity index (χ4n) is 4.36. The molecule has 2 unspecified atom stereocenters. The standard InChI is InChI=1S/C24H28Cl2FN5O2/c1-14-11-30-8-9-32(14)24(28)21(34-15(2)22-18(25)4-5-19(27)23(22)26)10-16(12-31-24)17-13-29-7-6-20(17)33-3/h4-7,10,12-15,30-31H,8-9,11,28H2,1-3H3/t14-,15?,24?/m0/s1. The van der Waals surface area contributed by atoms with Gasteiger partial charge in [0.1, 0.15) is 17.7 Å². The van der Waals surface area contributed by atoms with Crippen LogP contribution in [0.3, 0.4) is 0 Å². The summed E-state index contributed by atoms with van der Waals surface area (Å²) in [5.41, 5.74) is 8.87. The number of hydrogen-bond acceptors (Lipinski definition) is 7. The number of aromatic nitrogens is 1. The number of halogens is 3. The largest absolute Gasteiger partial charge is 0.496 e. The van der Waals surface area contributed by atoms with Crippen molar-refractivity contribution < 1.29 is 13.9 Å². The van der Waals surface area contributed by atoms with Gasteiger partial charge in [-0.05, 0) is 38.1 Å². The number of nitrogens with one attached hydrogen (secondary N) is 2. The van der Waals surface area contributed by atoms with Crippen LogP contribution < -0.4 is 21.1 Å². The molecule has 3 heterocycles. The number of benzene rings is 1. The molecule has 0 bridgehead atoms.